The maximum atomic E-state index is 11.8. The quantitative estimate of drug-likeness (QED) is 0.774. The molecular weight excluding hydrogens is 286 g/mol. The van der Waals surface area contributed by atoms with Crippen LogP contribution in [0.3, 0.4) is 0 Å². The van der Waals surface area contributed by atoms with Gasteiger partial charge in [0.1, 0.15) is 12.1 Å². The van der Waals surface area contributed by atoms with Crippen LogP contribution in [-0.4, -0.2) is 21.0 Å². The molecule has 3 rings (SSSR count). The number of nitrogens with one attached hydrogen (secondary N) is 1. The van der Waals surface area contributed by atoms with Crippen molar-refractivity contribution in [3.63, 3.8) is 0 Å². The Hall–Kier alpha value is -2.47. The molecule has 106 valence electrons. The van der Waals surface area contributed by atoms with Gasteiger partial charge in [0.15, 0.2) is 5.54 Å². The standard InChI is InChI=1S/C15H13N3O2S/c1-15(14(19)20,10-5-3-2-4-6-10)18-13-12-11(7-8-21-12)16-9-17-13/h2-9H,1H3,(H,19,20)(H,16,17,18). The van der Waals surface area contributed by atoms with E-state index in [1.165, 1.54) is 17.7 Å². The number of benzene rings is 1. The third-order valence-electron chi connectivity index (χ3n) is 3.39. The number of hydrogen-bond donors (Lipinski definition) is 2. The molecule has 1 aromatic carbocycles. The number of carboxylic acids is 1. The molecule has 2 aromatic heterocycles. The maximum Gasteiger partial charge on any atom is 0.333 e. The van der Waals surface area contributed by atoms with E-state index in [0.717, 1.165) is 10.2 Å². The molecule has 21 heavy (non-hydrogen) atoms. The molecule has 0 spiro atoms. The fourth-order valence-electron chi connectivity index (χ4n) is 2.14. The van der Waals surface area contributed by atoms with Crippen LogP contribution >= 0.6 is 11.3 Å². The molecule has 0 aliphatic carbocycles. The lowest BCUT2D eigenvalue weighted by atomic mass is 9.92. The Labute approximate surface area is 125 Å². The first kappa shape index (κ1) is 13.5. The van der Waals surface area contributed by atoms with E-state index < -0.39 is 11.5 Å². The first-order valence-electron chi connectivity index (χ1n) is 6.36. The van der Waals surface area contributed by atoms with Crippen LogP contribution < -0.4 is 5.32 Å². The Morgan fingerprint density at radius 3 is 2.71 bits per heavy atom. The summed E-state index contributed by atoms with van der Waals surface area (Å²) in [6, 6.07) is 10.9. The van der Waals surface area contributed by atoms with E-state index in [0.29, 0.717) is 11.4 Å². The summed E-state index contributed by atoms with van der Waals surface area (Å²) in [5.41, 5.74) is 0.214. The zero-order valence-electron chi connectivity index (χ0n) is 11.3. The van der Waals surface area contributed by atoms with Gasteiger partial charge in [0.2, 0.25) is 0 Å². The Kier molecular flexibility index (Phi) is 3.31. The SMILES string of the molecule is CC(Nc1ncnc2ccsc12)(C(=O)O)c1ccccc1. The molecule has 2 heterocycles. The number of anilines is 1. The van der Waals surface area contributed by atoms with Crippen LogP contribution in [0.1, 0.15) is 12.5 Å². The number of hydrogen-bond acceptors (Lipinski definition) is 5. The fourth-order valence-corrected chi connectivity index (χ4v) is 2.93. The third-order valence-corrected chi connectivity index (χ3v) is 4.30. The molecule has 3 aromatic rings. The van der Waals surface area contributed by atoms with Crippen molar-refractivity contribution in [1.82, 2.24) is 9.97 Å². The molecule has 1 unspecified atom stereocenters. The smallest absolute Gasteiger partial charge is 0.333 e. The average Bonchev–Trinajstić information content (AvgIpc) is 2.97. The number of rotatable bonds is 4. The number of thiophene rings is 1. The number of aliphatic carboxylic acids is 1. The predicted octanol–water partition coefficient (Wildman–Crippen LogP) is 3.10. The minimum absolute atomic E-state index is 0.531. The highest BCUT2D eigenvalue weighted by molar-refractivity contribution is 7.17. The van der Waals surface area contributed by atoms with Crippen LogP contribution in [0.4, 0.5) is 5.82 Å². The van der Waals surface area contributed by atoms with Crippen molar-refractivity contribution in [2.24, 2.45) is 0 Å². The van der Waals surface area contributed by atoms with Gasteiger partial charge in [-0.15, -0.1) is 11.3 Å². The zero-order chi connectivity index (χ0) is 14.9. The molecule has 0 saturated carbocycles. The van der Waals surface area contributed by atoms with Crippen molar-refractivity contribution < 1.29 is 9.90 Å². The second-order valence-corrected chi connectivity index (χ2v) is 5.69. The summed E-state index contributed by atoms with van der Waals surface area (Å²) in [6.07, 6.45) is 1.44. The number of aromatic nitrogens is 2. The predicted molar refractivity (Wildman–Crippen MR) is 82.5 cm³/mol. The van der Waals surface area contributed by atoms with Gasteiger partial charge in [-0.3, -0.25) is 0 Å². The van der Waals surface area contributed by atoms with E-state index in [9.17, 15) is 9.90 Å². The first-order valence-corrected chi connectivity index (χ1v) is 7.24. The lowest BCUT2D eigenvalue weighted by Crippen LogP contribution is -2.40. The molecule has 2 N–H and O–H groups in total. The van der Waals surface area contributed by atoms with E-state index >= 15 is 0 Å². The normalized spacial score (nSPS) is 13.8. The Morgan fingerprint density at radius 2 is 2.00 bits per heavy atom. The van der Waals surface area contributed by atoms with Gasteiger partial charge in [0, 0.05) is 0 Å². The summed E-state index contributed by atoms with van der Waals surface area (Å²) in [4.78, 5) is 20.2. The highest BCUT2D eigenvalue weighted by atomic mass is 32.1. The minimum atomic E-state index is -1.26. The molecule has 1 atom stereocenters. The van der Waals surface area contributed by atoms with Crippen LogP contribution in [0.15, 0.2) is 48.1 Å². The van der Waals surface area contributed by atoms with Gasteiger partial charge in [0.25, 0.3) is 0 Å². The van der Waals surface area contributed by atoms with Crippen LogP contribution in [-0.2, 0) is 10.3 Å². The first-order chi connectivity index (χ1) is 10.1. The topological polar surface area (TPSA) is 75.1 Å². The van der Waals surface area contributed by atoms with Crippen LogP contribution in [0.2, 0.25) is 0 Å². The summed E-state index contributed by atoms with van der Waals surface area (Å²) < 4.78 is 0.848. The molecule has 0 amide bonds. The van der Waals surface area contributed by atoms with Crippen molar-refractivity contribution in [2.75, 3.05) is 5.32 Å². The molecular formula is C15H13N3O2S. The highest BCUT2D eigenvalue weighted by Gasteiger charge is 2.36. The van der Waals surface area contributed by atoms with Gasteiger partial charge in [-0.05, 0) is 23.9 Å². The average molecular weight is 299 g/mol. The summed E-state index contributed by atoms with van der Waals surface area (Å²) in [5.74, 6) is -0.430. The van der Waals surface area contributed by atoms with Gasteiger partial charge in [-0.1, -0.05) is 30.3 Å². The second-order valence-electron chi connectivity index (χ2n) is 4.78. The maximum absolute atomic E-state index is 11.8. The summed E-state index contributed by atoms with van der Waals surface area (Å²) >= 11 is 1.48. The molecule has 6 heteroatoms. The van der Waals surface area contributed by atoms with E-state index in [4.69, 9.17) is 0 Å². The summed E-state index contributed by atoms with van der Waals surface area (Å²) in [7, 11) is 0. The number of nitrogens with zero attached hydrogens (tertiary/aromatic N) is 2. The molecule has 0 saturated heterocycles. The van der Waals surface area contributed by atoms with Gasteiger partial charge in [-0.2, -0.15) is 0 Å². The lowest BCUT2D eigenvalue weighted by Gasteiger charge is -2.27. The van der Waals surface area contributed by atoms with Gasteiger partial charge in [-0.25, -0.2) is 14.8 Å². The van der Waals surface area contributed by atoms with E-state index in [-0.39, 0.29) is 0 Å². The summed E-state index contributed by atoms with van der Waals surface area (Å²) in [6.45, 7) is 1.63. The summed E-state index contributed by atoms with van der Waals surface area (Å²) in [5, 5.41) is 14.6. The van der Waals surface area contributed by atoms with Gasteiger partial charge >= 0.3 is 5.97 Å². The Balaban J connectivity index is 2.08. The number of fused-ring (bicyclic) bond motifs is 1. The molecule has 5 nitrogen and oxygen atoms in total. The second kappa shape index (κ2) is 5.14. The molecule has 0 aliphatic heterocycles. The Morgan fingerprint density at radius 1 is 1.24 bits per heavy atom. The zero-order valence-corrected chi connectivity index (χ0v) is 12.1. The van der Waals surface area contributed by atoms with Gasteiger partial charge in [0.05, 0.1) is 10.2 Å². The van der Waals surface area contributed by atoms with Crippen molar-refractivity contribution in [1.29, 1.82) is 0 Å². The third kappa shape index (κ3) is 2.34. The molecule has 0 fully saturated rings. The van der Waals surface area contributed by atoms with Crippen LogP contribution in [0.25, 0.3) is 10.2 Å². The van der Waals surface area contributed by atoms with Crippen molar-refractivity contribution in [3.8, 4) is 0 Å². The van der Waals surface area contributed by atoms with E-state index in [1.807, 2.05) is 29.6 Å². The number of carbonyl (C=O) groups is 1. The number of carboxylic acid groups (broad SMARTS) is 1. The molecule has 0 radical (unpaired) electrons. The fraction of sp³-hybridized carbons (Fsp3) is 0.133. The monoisotopic (exact) mass is 299 g/mol. The van der Waals surface area contributed by atoms with E-state index in [1.54, 1.807) is 19.1 Å². The van der Waals surface area contributed by atoms with Crippen molar-refractivity contribution in [2.45, 2.75) is 12.5 Å². The van der Waals surface area contributed by atoms with E-state index in [2.05, 4.69) is 15.3 Å². The molecule has 0 aliphatic rings. The van der Waals surface area contributed by atoms with Crippen molar-refractivity contribution >= 4 is 33.3 Å². The van der Waals surface area contributed by atoms with Crippen molar-refractivity contribution in [3.05, 3.63) is 53.7 Å². The van der Waals surface area contributed by atoms with Crippen LogP contribution in [0, 0.1) is 0 Å². The lowest BCUT2D eigenvalue weighted by molar-refractivity contribution is -0.142. The van der Waals surface area contributed by atoms with Gasteiger partial charge < -0.3 is 10.4 Å². The Bertz CT molecular complexity index is 788. The van der Waals surface area contributed by atoms with Crippen LogP contribution in [0.5, 0.6) is 0 Å². The minimum Gasteiger partial charge on any atom is -0.479 e. The highest BCUT2D eigenvalue weighted by Crippen LogP contribution is 2.31. The molecule has 0 bridgehead atoms. The largest absolute Gasteiger partial charge is 0.479 e.